The number of nitrogens with zero attached hydrogens (tertiary/aromatic N) is 1. The van der Waals surface area contributed by atoms with Gasteiger partial charge in [0.15, 0.2) is 11.6 Å². The summed E-state index contributed by atoms with van der Waals surface area (Å²) in [6.07, 6.45) is 2.26. The fourth-order valence-corrected chi connectivity index (χ4v) is 2.15. The standard InChI is InChI=1S/C15H15BrFN3O/c1-2-7-18-14-13(17)12(6-8-19-14)15(21)20-11-5-3-4-10(16)9-11/h3-6,8-9H,2,7H2,1H3,(H,18,19)(H,20,21). The average molecular weight is 352 g/mol. The summed E-state index contributed by atoms with van der Waals surface area (Å²) in [5.74, 6) is -1.05. The zero-order chi connectivity index (χ0) is 15.2. The smallest absolute Gasteiger partial charge is 0.258 e. The molecule has 0 saturated carbocycles. The molecule has 0 aliphatic carbocycles. The van der Waals surface area contributed by atoms with Crippen molar-refractivity contribution in [2.75, 3.05) is 17.2 Å². The highest BCUT2D eigenvalue weighted by atomic mass is 79.9. The lowest BCUT2D eigenvalue weighted by Crippen LogP contribution is -2.16. The summed E-state index contributed by atoms with van der Waals surface area (Å²) in [4.78, 5) is 16.1. The molecule has 0 radical (unpaired) electrons. The average Bonchev–Trinajstić information content (AvgIpc) is 2.46. The second-order valence-corrected chi connectivity index (χ2v) is 5.33. The van der Waals surface area contributed by atoms with Gasteiger partial charge in [-0.25, -0.2) is 9.37 Å². The van der Waals surface area contributed by atoms with Crippen LogP contribution in [0.1, 0.15) is 23.7 Å². The second kappa shape index (κ2) is 7.17. The Bertz CT molecular complexity index is 649. The molecule has 1 amide bonds. The number of halogens is 2. The van der Waals surface area contributed by atoms with Crippen LogP contribution in [0.2, 0.25) is 0 Å². The summed E-state index contributed by atoms with van der Waals surface area (Å²) in [7, 11) is 0. The maximum atomic E-state index is 14.2. The summed E-state index contributed by atoms with van der Waals surface area (Å²) in [5, 5.41) is 5.52. The van der Waals surface area contributed by atoms with Crippen LogP contribution in [-0.2, 0) is 0 Å². The molecule has 1 aromatic carbocycles. The van der Waals surface area contributed by atoms with Crippen LogP contribution in [-0.4, -0.2) is 17.4 Å². The fourth-order valence-electron chi connectivity index (χ4n) is 1.75. The number of aromatic nitrogens is 1. The normalized spacial score (nSPS) is 10.2. The van der Waals surface area contributed by atoms with Gasteiger partial charge in [0.2, 0.25) is 0 Å². The van der Waals surface area contributed by atoms with E-state index in [-0.39, 0.29) is 11.4 Å². The second-order valence-electron chi connectivity index (χ2n) is 4.41. The van der Waals surface area contributed by atoms with Gasteiger partial charge in [0.05, 0.1) is 5.56 Å². The van der Waals surface area contributed by atoms with Gasteiger partial charge in [0, 0.05) is 22.9 Å². The SMILES string of the molecule is CCCNc1nccc(C(=O)Nc2cccc(Br)c2)c1F. The maximum absolute atomic E-state index is 14.2. The Morgan fingerprint density at radius 2 is 2.19 bits per heavy atom. The van der Waals surface area contributed by atoms with Crippen molar-refractivity contribution in [2.45, 2.75) is 13.3 Å². The zero-order valence-corrected chi connectivity index (χ0v) is 13.1. The molecule has 0 unspecified atom stereocenters. The van der Waals surface area contributed by atoms with Gasteiger partial charge in [-0.05, 0) is 30.7 Å². The molecule has 0 atom stereocenters. The predicted molar refractivity (Wildman–Crippen MR) is 85.1 cm³/mol. The lowest BCUT2D eigenvalue weighted by atomic mass is 10.2. The topological polar surface area (TPSA) is 54.0 Å². The van der Waals surface area contributed by atoms with Gasteiger partial charge in [0.1, 0.15) is 0 Å². The molecular weight excluding hydrogens is 337 g/mol. The van der Waals surface area contributed by atoms with Gasteiger partial charge in [-0.2, -0.15) is 0 Å². The molecule has 0 bridgehead atoms. The van der Waals surface area contributed by atoms with E-state index in [1.165, 1.54) is 12.3 Å². The Hall–Kier alpha value is -1.95. The Kier molecular flexibility index (Phi) is 5.27. The highest BCUT2D eigenvalue weighted by Crippen LogP contribution is 2.19. The quantitative estimate of drug-likeness (QED) is 0.853. The highest BCUT2D eigenvalue weighted by Gasteiger charge is 2.16. The van der Waals surface area contributed by atoms with Crippen molar-refractivity contribution in [3.05, 3.63) is 52.4 Å². The van der Waals surface area contributed by atoms with Crippen LogP contribution in [0.5, 0.6) is 0 Å². The highest BCUT2D eigenvalue weighted by molar-refractivity contribution is 9.10. The Labute approximate surface area is 130 Å². The Balaban J connectivity index is 2.19. The van der Waals surface area contributed by atoms with Gasteiger partial charge < -0.3 is 10.6 Å². The Morgan fingerprint density at radius 3 is 2.90 bits per heavy atom. The molecule has 1 aromatic heterocycles. The first-order chi connectivity index (χ1) is 10.1. The summed E-state index contributed by atoms with van der Waals surface area (Å²) in [6.45, 7) is 2.56. The lowest BCUT2D eigenvalue weighted by Gasteiger charge is -2.09. The molecule has 0 spiro atoms. The van der Waals surface area contributed by atoms with Crippen molar-refractivity contribution in [2.24, 2.45) is 0 Å². The first-order valence-corrected chi connectivity index (χ1v) is 7.36. The van der Waals surface area contributed by atoms with Crippen molar-refractivity contribution in [3.8, 4) is 0 Å². The van der Waals surface area contributed by atoms with Crippen molar-refractivity contribution in [1.29, 1.82) is 0 Å². The number of nitrogens with one attached hydrogen (secondary N) is 2. The maximum Gasteiger partial charge on any atom is 0.258 e. The van der Waals surface area contributed by atoms with Crippen molar-refractivity contribution in [3.63, 3.8) is 0 Å². The molecule has 4 nitrogen and oxygen atoms in total. The number of pyridine rings is 1. The number of amides is 1. The molecule has 2 aromatic rings. The summed E-state index contributed by atoms with van der Waals surface area (Å²) in [6, 6.07) is 8.47. The lowest BCUT2D eigenvalue weighted by molar-refractivity contribution is 0.102. The van der Waals surface area contributed by atoms with Gasteiger partial charge >= 0.3 is 0 Å². The first kappa shape index (κ1) is 15.4. The van der Waals surface area contributed by atoms with Gasteiger partial charge in [-0.1, -0.05) is 28.9 Å². The molecule has 0 aliphatic heterocycles. The molecule has 110 valence electrons. The largest absolute Gasteiger partial charge is 0.368 e. The first-order valence-electron chi connectivity index (χ1n) is 6.57. The van der Waals surface area contributed by atoms with E-state index >= 15 is 0 Å². The molecule has 0 saturated heterocycles. The molecule has 0 fully saturated rings. The number of rotatable bonds is 5. The van der Waals surface area contributed by atoms with Gasteiger partial charge in [0.25, 0.3) is 5.91 Å². The van der Waals surface area contributed by atoms with Crippen LogP contribution in [0.15, 0.2) is 41.0 Å². The minimum absolute atomic E-state index is 0.0384. The summed E-state index contributed by atoms with van der Waals surface area (Å²) < 4.78 is 15.1. The molecule has 2 N–H and O–H groups in total. The van der Waals surface area contributed by atoms with E-state index in [2.05, 4.69) is 31.5 Å². The predicted octanol–water partition coefficient (Wildman–Crippen LogP) is 4.06. The molecule has 21 heavy (non-hydrogen) atoms. The van der Waals surface area contributed by atoms with Crippen molar-refractivity contribution in [1.82, 2.24) is 4.98 Å². The van der Waals surface area contributed by atoms with Crippen LogP contribution in [0.4, 0.5) is 15.9 Å². The van der Waals surface area contributed by atoms with Crippen LogP contribution >= 0.6 is 15.9 Å². The van der Waals surface area contributed by atoms with Crippen LogP contribution in [0.3, 0.4) is 0 Å². The number of hydrogen-bond acceptors (Lipinski definition) is 3. The van der Waals surface area contributed by atoms with E-state index in [9.17, 15) is 9.18 Å². The molecular formula is C15H15BrFN3O. The van der Waals surface area contributed by atoms with E-state index in [0.717, 1.165) is 10.9 Å². The summed E-state index contributed by atoms with van der Waals surface area (Å²) in [5.41, 5.74) is 0.553. The Morgan fingerprint density at radius 1 is 1.38 bits per heavy atom. The van der Waals surface area contributed by atoms with E-state index < -0.39 is 11.7 Å². The summed E-state index contributed by atoms with van der Waals surface area (Å²) >= 11 is 3.32. The van der Waals surface area contributed by atoms with E-state index in [1.54, 1.807) is 18.2 Å². The van der Waals surface area contributed by atoms with E-state index in [4.69, 9.17) is 0 Å². The van der Waals surface area contributed by atoms with Crippen molar-refractivity contribution >= 4 is 33.3 Å². The van der Waals surface area contributed by atoms with Crippen LogP contribution < -0.4 is 10.6 Å². The number of carbonyl (C=O) groups excluding carboxylic acids is 1. The zero-order valence-electron chi connectivity index (χ0n) is 11.5. The number of hydrogen-bond donors (Lipinski definition) is 2. The van der Waals surface area contributed by atoms with Gasteiger partial charge in [-0.15, -0.1) is 0 Å². The third kappa shape index (κ3) is 4.01. The van der Waals surface area contributed by atoms with Gasteiger partial charge in [-0.3, -0.25) is 4.79 Å². The number of benzene rings is 1. The molecule has 0 aliphatic rings. The van der Waals surface area contributed by atoms with E-state index in [0.29, 0.717) is 12.2 Å². The fraction of sp³-hybridized carbons (Fsp3) is 0.200. The third-order valence-corrected chi connectivity index (χ3v) is 3.25. The molecule has 1 heterocycles. The molecule has 2 rings (SSSR count). The van der Waals surface area contributed by atoms with Crippen molar-refractivity contribution < 1.29 is 9.18 Å². The van der Waals surface area contributed by atoms with Crippen LogP contribution in [0.25, 0.3) is 0 Å². The number of anilines is 2. The third-order valence-electron chi connectivity index (χ3n) is 2.76. The van der Waals surface area contributed by atoms with Crippen LogP contribution in [0, 0.1) is 5.82 Å². The minimum Gasteiger partial charge on any atom is -0.368 e. The number of carbonyl (C=O) groups is 1. The van der Waals surface area contributed by atoms with E-state index in [1.807, 2.05) is 13.0 Å². The molecule has 6 heteroatoms. The monoisotopic (exact) mass is 351 g/mol. The minimum atomic E-state index is -0.640.